The van der Waals surface area contributed by atoms with E-state index >= 15 is 0 Å². The minimum Gasteiger partial charge on any atom is -0.459 e. The maximum atomic E-state index is 11.8. The van der Waals surface area contributed by atoms with E-state index in [9.17, 15) is 15.0 Å². The summed E-state index contributed by atoms with van der Waals surface area (Å²) in [5.74, 6) is -2.00. The van der Waals surface area contributed by atoms with Crippen LogP contribution in [0, 0.1) is 0 Å². The van der Waals surface area contributed by atoms with Gasteiger partial charge in [-0.1, -0.05) is 32.0 Å². The Labute approximate surface area is 107 Å². The van der Waals surface area contributed by atoms with Crippen LogP contribution in [0.1, 0.15) is 33.6 Å². The Hall–Kier alpha value is -1.39. The standard InChI is InChI=1S/C14H20O4/c1-4-12(15)14(17,5-2)13(3,16)18-11-9-7-6-8-10-11/h6-10,16-17H,4-5H2,1-3H3/t13-,14-/m1/s1. The van der Waals surface area contributed by atoms with Crippen LogP contribution < -0.4 is 4.74 Å². The van der Waals surface area contributed by atoms with E-state index in [0.717, 1.165) is 0 Å². The maximum Gasteiger partial charge on any atom is 0.241 e. The van der Waals surface area contributed by atoms with Gasteiger partial charge in [-0.15, -0.1) is 0 Å². The first-order chi connectivity index (χ1) is 8.37. The first kappa shape index (κ1) is 14.7. The predicted molar refractivity (Wildman–Crippen MR) is 68.2 cm³/mol. The Morgan fingerprint density at radius 2 is 1.78 bits per heavy atom. The summed E-state index contributed by atoms with van der Waals surface area (Å²) in [6, 6.07) is 8.61. The van der Waals surface area contributed by atoms with Crippen LogP contribution in [0.3, 0.4) is 0 Å². The van der Waals surface area contributed by atoms with E-state index in [4.69, 9.17) is 4.74 Å². The van der Waals surface area contributed by atoms with Crippen molar-refractivity contribution in [1.82, 2.24) is 0 Å². The lowest BCUT2D eigenvalue weighted by Gasteiger charge is -2.38. The Kier molecular flexibility index (Phi) is 4.48. The number of hydrogen-bond donors (Lipinski definition) is 2. The number of para-hydroxylation sites is 1. The minimum atomic E-state index is -1.96. The Bertz CT molecular complexity index is 400. The summed E-state index contributed by atoms with van der Waals surface area (Å²) in [4.78, 5) is 11.8. The number of hydrogen-bond acceptors (Lipinski definition) is 4. The summed E-state index contributed by atoms with van der Waals surface area (Å²) in [5, 5.41) is 20.6. The van der Waals surface area contributed by atoms with Crippen molar-refractivity contribution in [2.24, 2.45) is 0 Å². The van der Waals surface area contributed by atoms with Crippen LogP contribution >= 0.6 is 0 Å². The quantitative estimate of drug-likeness (QED) is 0.759. The summed E-state index contributed by atoms with van der Waals surface area (Å²) in [5.41, 5.74) is -1.91. The molecule has 1 aromatic rings. The number of benzene rings is 1. The molecule has 0 aliphatic rings. The lowest BCUT2D eigenvalue weighted by Crippen LogP contribution is -2.60. The number of aliphatic hydroxyl groups is 2. The van der Waals surface area contributed by atoms with Crippen LogP contribution in [0.2, 0.25) is 0 Å². The zero-order valence-electron chi connectivity index (χ0n) is 11.0. The van der Waals surface area contributed by atoms with Crippen LogP contribution in [0.25, 0.3) is 0 Å². The van der Waals surface area contributed by atoms with E-state index < -0.39 is 17.2 Å². The molecule has 0 fully saturated rings. The fraction of sp³-hybridized carbons (Fsp3) is 0.500. The number of ketones is 1. The molecule has 4 heteroatoms. The van der Waals surface area contributed by atoms with E-state index in [1.807, 2.05) is 6.07 Å². The third-order valence-corrected chi connectivity index (χ3v) is 3.12. The molecular weight excluding hydrogens is 232 g/mol. The molecule has 4 nitrogen and oxygen atoms in total. The molecule has 0 amide bonds. The van der Waals surface area contributed by atoms with Crippen LogP contribution in [0.15, 0.2) is 30.3 Å². The monoisotopic (exact) mass is 252 g/mol. The molecule has 0 saturated heterocycles. The molecule has 0 aliphatic heterocycles. The highest BCUT2D eigenvalue weighted by Crippen LogP contribution is 2.30. The van der Waals surface area contributed by atoms with Crippen molar-refractivity contribution >= 4 is 5.78 Å². The van der Waals surface area contributed by atoms with Gasteiger partial charge in [0.25, 0.3) is 0 Å². The second-order valence-corrected chi connectivity index (χ2v) is 4.39. The van der Waals surface area contributed by atoms with Gasteiger partial charge in [0.2, 0.25) is 5.79 Å². The molecule has 1 aromatic carbocycles. The van der Waals surface area contributed by atoms with Gasteiger partial charge in [0, 0.05) is 13.3 Å². The van der Waals surface area contributed by atoms with Crippen LogP contribution in [0.5, 0.6) is 5.75 Å². The van der Waals surface area contributed by atoms with Crippen molar-refractivity contribution in [2.75, 3.05) is 0 Å². The first-order valence-corrected chi connectivity index (χ1v) is 6.09. The summed E-state index contributed by atoms with van der Waals surface area (Å²) in [6.45, 7) is 4.58. The molecule has 0 spiro atoms. The Balaban J connectivity index is 3.00. The van der Waals surface area contributed by atoms with Gasteiger partial charge in [0.1, 0.15) is 5.75 Å². The predicted octanol–water partition coefficient (Wildman–Crippen LogP) is 1.89. The normalized spacial score (nSPS) is 17.6. The highest BCUT2D eigenvalue weighted by Gasteiger charge is 2.51. The molecule has 18 heavy (non-hydrogen) atoms. The smallest absolute Gasteiger partial charge is 0.241 e. The summed E-state index contributed by atoms with van der Waals surface area (Å²) < 4.78 is 5.37. The van der Waals surface area contributed by atoms with E-state index in [1.54, 1.807) is 38.1 Å². The zero-order chi connectivity index (χ0) is 13.8. The molecule has 0 aliphatic carbocycles. The largest absolute Gasteiger partial charge is 0.459 e. The van der Waals surface area contributed by atoms with Crippen molar-refractivity contribution in [3.05, 3.63) is 30.3 Å². The molecule has 0 unspecified atom stereocenters. The van der Waals surface area contributed by atoms with E-state index in [2.05, 4.69) is 0 Å². The van der Waals surface area contributed by atoms with Gasteiger partial charge in [0.15, 0.2) is 11.4 Å². The van der Waals surface area contributed by atoms with Gasteiger partial charge >= 0.3 is 0 Å². The SMILES string of the molecule is CCC(=O)[C@](O)(CC)[C@](C)(O)Oc1ccccc1. The lowest BCUT2D eigenvalue weighted by atomic mass is 9.85. The van der Waals surface area contributed by atoms with Gasteiger partial charge in [-0.3, -0.25) is 4.79 Å². The van der Waals surface area contributed by atoms with Crippen molar-refractivity contribution in [3.8, 4) is 5.75 Å². The molecular formula is C14H20O4. The highest BCUT2D eigenvalue weighted by molar-refractivity contribution is 5.87. The van der Waals surface area contributed by atoms with Crippen molar-refractivity contribution < 1.29 is 19.7 Å². The first-order valence-electron chi connectivity index (χ1n) is 6.09. The van der Waals surface area contributed by atoms with Crippen LogP contribution in [0.4, 0.5) is 0 Å². The van der Waals surface area contributed by atoms with E-state index in [0.29, 0.717) is 5.75 Å². The number of carbonyl (C=O) groups is 1. The Morgan fingerprint density at radius 3 is 2.22 bits per heavy atom. The second-order valence-electron chi connectivity index (χ2n) is 4.39. The average molecular weight is 252 g/mol. The lowest BCUT2D eigenvalue weighted by molar-refractivity contribution is -0.240. The molecule has 2 N–H and O–H groups in total. The summed E-state index contributed by atoms with van der Waals surface area (Å²) in [6.07, 6.45) is 0.220. The molecule has 0 bridgehead atoms. The maximum absolute atomic E-state index is 11.8. The third-order valence-electron chi connectivity index (χ3n) is 3.12. The summed E-state index contributed by atoms with van der Waals surface area (Å²) >= 11 is 0. The van der Waals surface area contributed by atoms with E-state index in [-0.39, 0.29) is 12.8 Å². The molecule has 0 aromatic heterocycles. The molecule has 0 heterocycles. The topological polar surface area (TPSA) is 66.8 Å². The average Bonchev–Trinajstić information content (AvgIpc) is 2.37. The van der Waals surface area contributed by atoms with Crippen LogP contribution in [-0.2, 0) is 4.79 Å². The number of rotatable bonds is 6. The number of ether oxygens (including phenoxy) is 1. The van der Waals surface area contributed by atoms with Gasteiger partial charge in [-0.2, -0.15) is 0 Å². The van der Waals surface area contributed by atoms with Gasteiger partial charge < -0.3 is 14.9 Å². The molecule has 1 rings (SSSR count). The van der Waals surface area contributed by atoms with E-state index in [1.165, 1.54) is 6.92 Å². The minimum absolute atomic E-state index is 0.0828. The fourth-order valence-electron chi connectivity index (χ4n) is 1.88. The van der Waals surface area contributed by atoms with Crippen molar-refractivity contribution in [3.63, 3.8) is 0 Å². The third kappa shape index (κ3) is 2.71. The molecule has 100 valence electrons. The van der Waals surface area contributed by atoms with Gasteiger partial charge in [0.05, 0.1) is 0 Å². The summed E-state index contributed by atoms with van der Waals surface area (Å²) in [7, 11) is 0. The molecule has 2 atom stereocenters. The fourth-order valence-corrected chi connectivity index (χ4v) is 1.88. The van der Waals surface area contributed by atoms with Gasteiger partial charge in [-0.05, 0) is 18.6 Å². The molecule has 0 radical (unpaired) electrons. The zero-order valence-corrected chi connectivity index (χ0v) is 11.0. The van der Waals surface area contributed by atoms with Crippen molar-refractivity contribution in [2.45, 2.75) is 45.0 Å². The highest BCUT2D eigenvalue weighted by atomic mass is 16.6. The van der Waals surface area contributed by atoms with Crippen molar-refractivity contribution in [1.29, 1.82) is 0 Å². The molecule has 0 saturated carbocycles. The second kappa shape index (κ2) is 5.50. The number of carbonyl (C=O) groups excluding carboxylic acids is 1. The Morgan fingerprint density at radius 1 is 1.22 bits per heavy atom. The number of Topliss-reactive ketones (excluding diaryl/α,β-unsaturated/α-hetero) is 1. The van der Waals surface area contributed by atoms with Gasteiger partial charge in [-0.25, -0.2) is 0 Å². The van der Waals surface area contributed by atoms with Crippen LogP contribution in [-0.4, -0.2) is 27.4 Å².